The van der Waals surface area contributed by atoms with Crippen LogP contribution in [0.2, 0.25) is 0 Å². The minimum absolute atomic E-state index is 0.101. The molecule has 0 heterocycles. The zero-order valence-electron chi connectivity index (χ0n) is 6.48. The van der Waals surface area contributed by atoms with Gasteiger partial charge in [-0.15, -0.1) is 0 Å². The number of phenols is 1. The standard InChI is InChI=1S/C8H8O4/c1-11-12-8(10)6-2-4-7(9)5-3-6/h2-5,9H,1H3. The van der Waals surface area contributed by atoms with Crippen LogP contribution in [0.5, 0.6) is 5.75 Å². The van der Waals surface area contributed by atoms with E-state index in [1.54, 1.807) is 0 Å². The van der Waals surface area contributed by atoms with E-state index >= 15 is 0 Å². The van der Waals surface area contributed by atoms with E-state index in [-0.39, 0.29) is 5.75 Å². The summed E-state index contributed by atoms with van der Waals surface area (Å²) in [5, 5.41) is 8.88. The Morgan fingerprint density at radius 1 is 1.33 bits per heavy atom. The lowest BCUT2D eigenvalue weighted by atomic mass is 10.2. The Morgan fingerprint density at radius 2 is 1.92 bits per heavy atom. The number of hydrogen-bond donors (Lipinski definition) is 1. The maximum Gasteiger partial charge on any atom is 0.373 e. The molecule has 1 aromatic carbocycles. The lowest BCUT2D eigenvalue weighted by Gasteiger charge is -1.98. The molecule has 0 aliphatic rings. The number of rotatable bonds is 2. The highest BCUT2D eigenvalue weighted by Gasteiger charge is 2.06. The summed E-state index contributed by atoms with van der Waals surface area (Å²) in [5.74, 6) is -0.485. The lowest BCUT2D eigenvalue weighted by Crippen LogP contribution is -2.03. The molecule has 0 spiro atoms. The molecular weight excluding hydrogens is 160 g/mol. The Balaban J connectivity index is 2.75. The summed E-state index contributed by atoms with van der Waals surface area (Å²) in [6.45, 7) is 0. The van der Waals surface area contributed by atoms with Gasteiger partial charge in [-0.3, -0.25) is 4.89 Å². The third-order valence-corrected chi connectivity index (χ3v) is 1.26. The second kappa shape index (κ2) is 3.73. The molecule has 0 atom stereocenters. The van der Waals surface area contributed by atoms with Crippen molar-refractivity contribution >= 4 is 5.97 Å². The van der Waals surface area contributed by atoms with Gasteiger partial charge in [0, 0.05) is 0 Å². The predicted octanol–water partition coefficient (Wildman–Crippen LogP) is 1.11. The van der Waals surface area contributed by atoms with Crippen molar-refractivity contribution in [1.29, 1.82) is 0 Å². The van der Waals surface area contributed by atoms with Crippen LogP contribution >= 0.6 is 0 Å². The summed E-state index contributed by atoms with van der Waals surface area (Å²) < 4.78 is 0. The zero-order valence-corrected chi connectivity index (χ0v) is 6.48. The molecule has 1 rings (SSSR count). The Hall–Kier alpha value is -1.55. The fourth-order valence-corrected chi connectivity index (χ4v) is 0.721. The summed E-state index contributed by atoms with van der Waals surface area (Å²) >= 11 is 0. The molecule has 64 valence electrons. The number of carbonyl (C=O) groups excluding carboxylic acids is 1. The van der Waals surface area contributed by atoms with E-state index in [1.807, 2.05) is 0 Å². The monoisotopic (exact) mass is 168 g/mol. The minimum atomic E-state index is -0.586. The number of hydrogen-bond acceptors (Lipinski definition) is 4. The van der Waals surface area contributed by atoms with E-state index in [4.69, 9.17) is 5.11 Å². The van der Waals surface area contributed by atoms with Gasteiger partial charge in [0.05, 0.1) is 12.7 Å². The zero-order chi connectivity index (χ0) is 8.97. The van der Waals surface area contributed by atoms with E-state index in [0.29, 0.717) is 5.56 Å². The van der Waals surface area contributed by atoms with Gasteiger partial charge < -0.3 is 5.11 Å². The van der Waals surface area contributed by atoms with Crippen molar-refractivity contribution < 1.29 is 19.7 Å². The van der Waals surface area contributed by atoms with Gasteiger partial charge in [-0.25, -0.2) is 4.79 Å². The maximum atomic E-state index is 10.9. The molecule has 1 aromatic rings. The highest BCUT2D eigenvalue weighted by molar-refractivity contribution is 5.89. The number of benzene rings is 1. The normalized spacial score (nSPS) is 9.42. The molecular formula is C8H8O4. The van der Waals surface area contributed by atoms with Crippen molar-refractivity contribution in [1.82, 2.24) is 0 Å². The SMILES string of the molecule is COOC(=O)c1ccc(O)cc1. The molecule has 0 saturated heterocycles. The molecule has 0 radical (unpaired) electrons. The van der Waals surface area contributed by atoms with Crippen LogP contribution in [0.15, 0.2) is 24.3 Å². The molecule has 0 amide bonds. The van der Waals surface area contributed by atoms with E-state index < -0.39 is 5.97 Å². The predicted molar refractivity (Wildman–Crippen MR) is 40.5 cm³/mol. The molecule has 0 unspecified atom stereocenters. The molecule has 0 aromatic heterocycles. The quantitative estimate of drug-likeness (QED) is 0.530. The number of aromatic hydroxyl groups is 1. The van der Waals surface area contributed by atoms with Crippen molar-refractivity contribution in [3.63, 3.8) is 0 Å². The molecule has 0 aliphatic carbocycles. The van der Waals surface area contributed by atoms with Gasteiger partial charge in [-0.1, -0.05) is 0 Å². The minimum Gasteiger partial charge on any atom is -0.508 e. The highest BCUT2D eigenvalue weighted by Crippen LogP contribution is 2.10. The summed E-state index contributed by atoms with van der Waals surface area (Å²) in [5.41, 5.74) is 0.328. The Labute approximate surface area is 69.3 Å². The average molecular weight is 168 g/mol. The summed E-state index contributed by atoms with van der Waals surface area (Å²) in [6, 6.07) is 5.67. The summed E-state index contributed by atoms with van der Waals surface area (Å²) in [4.78, 5) is 19.4. The van der Waals surface area contributed by atoms with Crippen LogP contribution in [0, 0.1) is 0 Å². The van der Waals surface area contributed by atoms with Gasteiger partial charge in [-0.2, -0.15) is 4.89 Å². The smallest absolute Gasteiger partial charge is 0.373 e. The van der Waals surface area contributed by atoms with Crippen LogP contribution < -0.4 is 0 Å². The van der Waals surface area contributed by atoms with E-state index in [0.717, 1.165) is 0 Å². The summed E-state index contributed by atoms with van der Waals surface area (Å²) in [7, 11) is 1.25. The topological polar surface area (TPSA) is 55.8 Å². The Bertz CT molecular complexity index is 265. The molecule has 0 saturated carbocycles. The van der Waals surface area contributed by atoms with Crippen LogP contribution in [-0.4, -0.2) is 18.2 Å². The fourth-order valence-electron chi connectivity index (χ4n) is 0.721. The van der Waals surface area contributed by atoms with Crippen molar-refractivity contribution in [2.45, 2.75) is 0 Å². The first-order valence-corrected chi connectivity index (χ1v) is 3.28. The largest absolute Gasteiger partial charge is 0.508 e. The van der Waals surface area contributed by atoms with Crippen molar-refractivity contribution in [3.05, 3.63) is 29.8 Å². The van der Waals surface area contributed by atoms with Crippen molar-refractivity contribution in [2.75, 3.05) is 7.11 Å². The number of phenolic OH excluding ortho intramolecular Hbond substituents is 1. The first-order valence-electron chi connectivity index (χ1n) is 3.28. The van der Waals surface area contributed by atoms with Crippen LogP contribution in [0.3, 0.4) is 0 Å². The molecule has 0 fully saturated rings. The molecule has 4 heteroatoms. The maximum absolute atomic E-state index is 10.9. The molecule has 12 heavy (non-hydrogen) atoms. The second-order valence-corrected chi connectivity index (χ2v) is 2.08. The van der Waals surface area contributed by atoms with Crippen molar-refractivity contribution in [2.24, 2.45) is 0 Å². The van der Waals surface area contributed by atoms with Crippen LogP contribution in [-0.2, 0) is 9.78 Å². The van der Waals surface area contributed by atoms with E-state index in [2.05, 4.69) is 9.78 Å². The van der Waals surface area contributed by atoms with E-state index in [1.165, 1.54) is 31.4 Å². The molecule has 1 N–H and O–H groups in total. The van der Waals surface area contributed by atoms with Gasteiger partial charge in [0.2, 0.25) is 0 Å². The van der Waals surface area contributed by atoms with Crippen LogP contribution in [0.4, 0.5) is 0 Å². The third kappa shape index (κ3) is 1.96. The highest BCUT2D eigenvalue weighted by atomic mass is 17.2. The van der Waals surface area contributed by atoms with Gasteiger partial charge in [0.15, 0.2) is 0 Å². The van der Waals surface area contributed by atoms with Crippen molar-refractivity contribution in [3.8, 4) is 5.75 Å². The van der Waals surface area contributed by atoms with Gasteiger partial charge in [0.25, 0.3) is 0 Å². The van der Waals surface area contributed by atoms with Crippen LogP contribution in [0.1, 0.15) is 10.4 Å². The van der Waals surface area contributed by atoms with Crippen LogP contribution in [0.25, 0.3) is 0 Å². The second-order valence-electron chi connectivity index (χ2n) is 2.08. The fraction of sp³-hybridized carbons (Fsp3) is 0.125. The average Bonchev–Trinajstić information content (AvgIpc) is 2.06. The van der Waals surface area contributed by atoms with Gasteiger partial charge in [0.1, 0.15) is 5.75 Å². The third-order valence-electron chi connectivity index (χ3n) is 1.26. The first-order chi connectivity index (χ1) is 5.74. The van der Waals surface area contributed by atoms with Gasteiger partial charge >= 0.3 is 5.97 Å². The van der Waals surface area contributed by atoms with Gasteiger partial charge in [-0.05, 0) is 24.3 Å². The molecule has 0 aliphatic heterocycles. The first kappa shape index (κ1) is 8.55. The molecule has 4 nitrogen and oxygen atoms in total. The molecule has 0 bridgehead atoms. The Kier molecular flexibility index (Phi) is 2.66. The number of carbonyl (C=O) groups is 1. The summed E-state index contributed by atoms with van der Waals surface area (Å²) in [6.07, 6.45) is 0. The van der Waals surface area contributed by atoms with E-state index in [9.17, 15) is 4.79 Å². The Morgan fingerprint density at radius 3 is 2.42 bits per heavy atom. The lowest BCUT2D eigenvalue weighted by molar-refractivity contribution is -0.216.